The van der Waals surface area contributed by atoms with Crippen LogP contribution in [-0.4, -0.2) is 36.7 Å². The van der Waals surface area contributed by atoms with E-state index < -0.39 is 0 Å². The molecule has 0 saturated carbocycles. The summed E-state index contributed by atoms with van der Waals surface area (Å²) in [5, 5.41) is 3.23. The summed E-state index contributed by atoms with van der Waals surface area (Å²) in [6.45, 7) is 8.50. The van der Waals surface area contributed by atoms with E-state index in [0.717, 1.165) is 11.5 Å². The van der Waals surface area contributed by atoms with E-state index in [-0.39, 0.29) is 12.0 Å². The van der Waals surface area contributed by atoms with E-state index in [4.69, 9.17) is 4.74 Å². The highest BCUT2D eigenvalue weighted by Crippen LogP contribution is 2.13. The first-order valence-corrected chi connectivity index (χ1v) is 7.08. The fourth-order valence-corrected chi connectivity index (χ4v) is 2.48. The Morgan fingerprint density at radius 1 is 1.31 bits per heavy atom. The van der Waals surface area contributed by atoms with Crippen molar-refractivity contribution in [3.63, 3.8) is 0 Å². The largest absolute Gasteiger partial charge is 0.468 e. The lowest BCUT2D eigenvalue weighted by Gasteiger charge is -2.19. The molecule has 0 rings (SSSR count). The summed E-state index contributed by atoms with van der Waals surface area (Å²) in [6.07, 6.45) is 1.19. The summed E-state index contributed by atoms with van der Waals surface area (Å²) in [5.74, 6) is 2.44. The number of carbonyl (C=O) groups excluding carboxylic acids is 1. The first-order valence-electron chi connectivity index (χ1n) is 5.92. The molecule has 0 spiro atoms. The van der Waals surface area contributed by atoms with Crippen LogP contribution >= 0.6 is 11.8 Å². The molecule has 0 aliphatic carbocycles. The van der Waals surface area contributed by atoms with Crippen LogP contribution in [0.2, 0.25) is 0 Å². The maximum absolute atomic E-state index is 11.5. The highest BCUT2D eigenvalue weighted by molar-refractivity contribution is 7.99. The number of thioether (sulfide) groups is 1. The van der Waals surface area contributed by atoms with Crippen molar-refractivity contribution in [2.75, 3.05) is 18.6 Å². The van der Waals surface area contributed by atoms with Crippen LogP contribution < -0.4 is 5.32 Å². The van der Waals surface area contributed by atoms with E-state index in [9.17, 15) is 4.79 Å². The molecule has 0 radical (unpaired) electrons. The molecule has 0 heterocycles. The highest BCUT2D eigenvalue weighted by Gasteiger charge is 2.19. The number of nitrogens with one attached hydrogen (secondary N) is 1. The average molecular weight is 247 g/mol. The normalized spacial score (nSPS) is 14.9. The molecule has 0 saturated heterocycles. The van der Waals surface area contributed by atoms with E-state index in [1.807, 2.05) is 25.6 Å². The van der Waals surface area contributed by atoms with Crippen molar-refractivity contribution in [1.82, 2.24) is 5.32 Å². The summed E-state index contributed by atoms with van der Waals surface area (Å²) in [5.41, 5.74) is 0. The molecular formula is C12H25NO2S. The highest BCUT2D eigenvalue weighted by atomic mass is 32.2. The quantitative estimate of drug-likeness (QED) is 0.668. The van der Waals surface area contributed by atoms with Gasteiger partial charge in [-0.2, -0.15) is 11.8 Å². The van der Waals surface area contributed by atoms with Gasteiger partial charge in [-0.05, 0) is 11.7 Å². The maximum atomic E-state index is 11.5. The molecular weight excluding hydrogens is 222 g/mol. The minimum atomic E-state index is -0.181. The lowest BCUT2D eigenvalue weighted by molar-refractivity contribution is -0.142. The predicted octanol–water partition coefficient (Wildman–Crippen LogP) is 2.31. The zero-order valence-electron chi connectivity index (χ0n) is 11.1. The van der Waals surface area contributed by atoms with Crippen molar-refractivity contribution >= 4 is 17.7 Å². The zero-order valence-corrected chi connectivity index (χ0v) is 11.9. The molecule has 0 bridgehead atoms. The first-order chi connectivity index (χ1) is 7.51. The van der Waals surface area contributed by atoms with Crippen molar-refractivity contribution in [3.05, 3.63) is 0 Å². The first kappa shape index (κ1) is 15.8. The lowest BCUT2D eigenvalue weighted by atomic mass is 10.2. The Labute approximate surface area is 104 Å². The number of hydrogen-bond donors (Lipinski definition) is 1. The molecule has 0 aliphatic rings. The van der Waals surface area contributed by atoms with Crippen molar-refractivity contribution in [2.45, 2.75) is 46.2 Å². The SMILES string of the molecule is CCC(C)CSCC(NC(C)C)C(=O)OC. The molecule has 2 atom stereocenters. The topological polar surface area (TPSA) is 38.3 Å². The third-order valence-corrected chi connectivity index (χ3v) is 3.78. The Hall–Kier alpha value is -0.220. The molecule has 0 amide bonds. The van der Waals surface area contributed by atoms with Gasteiger partial charge in [0.2, 0.25) is 0 Å². The van der Waals surface area contributed by atoms with Gasteiger partial charge in [-0.15, -0.1) is 0 Å². The van der Waals surface area contributed by atoms with Crippen LogP contribution in [0.5, 0.6) is 0 Å². The lowest BCUT2D eigenvalue weighted by Crippen LogP contribution is -2.43. The maximum Gasteiger partial charge on any atom is 0.323 e. The second-order valence-corrected chi connectivity index (χ2v) is 5.52. The fraction of sp³-hybridized carbons (Fsp3) is 0.917. The number of esters is 1. The number of ether oxygens (including phenoxy) is 1. The van der Waals surface area contributed by atoms with E-state index in [1.54, 1.807) is 0 Å². The monoisotopic (exact) mass is 247 g/mol. The van der Waals surface area contributed by atoms with Gasteiger partial charge in [-0.1, -0.05) is 34.1 Å². The number of carbonyl (C=O) groups is 1. The van der Waals surface area contributed by atoms with Gasteiger partial charge in [0.1, 0.15) is 6.04 Å². The molecule has 16 heavy (non-hydrogen) atoms. The van der Waals surface area contributed by atoms with E-state index in [1.165, 1.54) is 13.5 Å². The summed E-state index contributed by atoms with van der Waals surface area (Å²) in [7, 11) is 1.44. The number of rotatable bonds is 8. The third kappa shape index (κ3) is 7.12. The zero-order chi connectivity index (χ0) is 12.6. The molecule has 0 aliphatic heterocycles. The van der Waals surface area contributed by atoms with Gasteiger partial charge in [0, 0.05) is 11.8 Å². The minimum absolute atomic E-state index is 0.162. The van der Waals surface area contributed by atoms with E-state index >= 15 is 0 Å². The van der Waals surface area contributed by atoms with Crippen molar-refractivity contribution in [2.24, 2.45) is 5.92 Å². The summed E-state index contributed by atoms with van der Waals surface area (Å²) in [6, 6.07) is 0.118. The Bertz CT molecular complexity index is 197. The van der Waals surface area contributed by atoms with Crippen LogP contribution in [0.4, 0.5) is 0 Å². The second-order valence-electron chi connectivity index (χ2n) is 4.45. The second kappa shape index (κ2) is 8.88. The van der Waals surface area contributed by atoms with Gasteiger partial charge < -0.3 is 10.1 Å². The predicted molar refractivity (Wildman–Crippen MR) is 70.9 cm³/mol. The molecule has 96 valence electrons. The van der Waals surface area contributed by atoms with Gasteiger partial charge in [-0.3, -0.25) is 4.79 Å². The van der Waals surface area contributed by atoms with E-state index in [0.29, 0.717) is 12.0 Å². The van der Waals surface area contributed by atoms with Gasteiger partial charge in [0.05, 0.1) is 7.11 Å². The Kier molecular flexibility index (Phi) is 8.76. The Morgan fingerprint density at radius 3 is 2.38 bits per heavy atom. The van der Waals surface area contributed by atoms with Crippen molar-refractivity contribution in [3.8, 4) is 0 Å². The van der Waals surface area contributed by atoms with Crippen molar-refractivity contribution in [1.29, 1.82) is 0 Å². The molecule has 2 unspecified atom stereocenters. The fourth-order valence-electron chi connectivity index (χ4n) is 1.23. The average Bonchev–Trinajstić information content (AvgIpc) is 2.25. The third-order valence-electron chi connectivity index (χ3n) is 2.40. The van der Waals surface area contributed by atoms with E-state index in [2.05, 4.69) is 19.2 Å². The van der Waals surface area contributed by atoms with Crippen LogP contribution in [0.15, 0.2) is 0 Å². The van der Waals surface area contributed by atoms with Crippen LogP contribution in [0.1, 0.15) is 34.1 Å². The van der Waals surface area contributed by atoms with Gasteiger partial charge in [0.15, 0.2) is 0 Å². The molecule has 3 nitrogen and oxygen atoms in total. The van der Waals surface area contributed by atoms with Crippen LogP contribution in [-0.2, 0) is 9.53 Å². The molecule has 4 heteroatoms. The molecule has 0 fully saturated rings. The smallest absolute Gasteiger partial charge is 0.323 e. The standard InChI is InChI=1S/C12H25NO2S/c1-6-10(4)7-16-8-11(12(14)15-5)13-9(2)3/h9-11,13H,6-8H2,1-5H3. The van der Waals surface area contributed by atoms with Gasteiger partial charge in [-0.25, -0.2) is 0 Å². The van der Waals surface area contributed by atoms with Crippen molar-refractivity contribution < 1.29 is 9.53 Å². The van der Waals surface area contributed by atoms with Crippen LogP contribution in [0.25, 0.3) is 0 Å². The number of methoxy groups -OCH3 is 1. The Morgan fingerprint density at radius 2 is 1.94 bits per heavy atom. The molecule has 0 aromatic rings. The molecule has 0 aromatic carbocycles. The number of hydrogen-bond acceptors (Lipinski definition) is 4. The summed E-state index contributed by atoms with van der Waals surface area (Å²) < 4.78 is 4.78. The summed E-state index contributed by atoms with van der Waals surface area (Å²) >= 11 is 1.82. The van der Waals surface area contributed by atoms with Crippen LogP contribution in [0.3, 0.4) is 0 Å². The summed E-state index contributed by atoms with van der Waals surface area (Å²) in [4.78, 5) is 11.5. The Balaban J connectivity index is 3.97. The minimum Gasteiger partial charge on any atom is -0.468 e. The molecule has 1 N–H and O–H groups in total. The van der Waals surface area contributed by atoms with Gasteiger partial charge in [0.25, 0.3) is 0 Å². The molecule has 0 aromatic heterocycles. The van der Waals surface area contributed by atoms with Gasteiger partial charge >= 0.3 is 5.97 Å². The van der Waals surface area contributed by atoms with Crippen LogP contribution in [0, 0.1) is 5.92 Å².